The fraction of sp³-hybridized carbons (Fsp3) is 0.500. The number of nitrogens with one attached hydrogen (secondary N) is 1. The largest absolute Gasteiger partial charge is 0.314 e. The first kappa shape index (κ1) is 17.8. The third-order valence-electron chi connectivity index (χ3n) is 3.29. The molecule has 1 aromatic rings. The van der Waals surface area contributed by atoms with Gasteiger partial charge in [-0.25, -0.2) is 8.42 Å². The minimum atomic E-state index is -3.40. The molecule has 0 spiro atoms. The quantitative estimate of drug-likeness (QED) is 0.658. The van der Waals surface area contributed by atoms with Gasteiger partial charge in [0.15, 0.2) is 0 Å². The van der Waals surface area contributed by atoms with Crippen molar-refractivity contribution < 1.29 is 13.3 Å². The average Bonchev–Trinajstić information content (AvgIpc) is 2.39. The molecule has 118 valence electrons. The van der Waals surface area contributed by atoms with Crippen LogP contribution in [0.4, 0.5) is 5.69 Å². The smallest absolute Gasteiger partial charge is 0.269 e. The van der Waals surface area contributed by atoms with E-state index in [0.29, 0.717) is 25.2 Å². The van der Waals surface area contributed by atoms with Gasteiger partial charge in [-0.3, -0.25) is 10.1 Å². The molecule has 0 aliphatic carbocycles. The van der Waals surface area contributed by atoms with E-state index in [4.69, 9.17) is 0 Å². The Morgan fingerprint density at radius 1 is 1.38 bits per heavy atom. The molecule has 1 aliphatic heterocycles. The zero-order valence-electron chi connectivity index (χ0n) is 11.6. The van der Waals surface area contributed by atoms with Crippen LogP contribution in [-0.4, -0.2) is 43.3 Å². The second-order valence-corrected chi connectivity index (χ2v) is 6.77. The zero-order valence-corrected chi connectivity index (χ0v) is 13.2. The Bertz CT molecular complexity index is 591. The number of non-ortho nitro benzene ring substituents is 1. The number of hydrogen-bond acceptors (Lipinski definition) is 5. The SMILES string of the molecule is CC1CNCCN1S(=O)(=O)Cc1ccc([N+](=O)[O-])cc1.Cl. The number of rotatable bonds is 4. The first-order valence-electron chi connectivity index (χ1n) is 6.34. The van der Waals surface area contributed by atoms with Gasteiger partial charge in [-0.15, -0.1) is 12.4 Å². The van der Waals surface area contributed by atoms with Gasteiger partial charge in [-0.2, -0.15) is 4.31 Å². The minimum absolute atomic E-state index is 0. The lowest BCUT2D eigenvalue weighted by Crippen LogP contribution is -2.52. The molecule has 9 heteroatoms. The summed E-state index contributed by atoms with van der Waals surface area (Å²) >= 11 is 0. The van der Waals surface area contributed by atoms with E-state index in [1.54, 1.807) is 0 Å². The third-order valence-corrected chi connectivity index (χ3v) is 5.25. The Morgan fingerprint density at radius 2 is 2.00 bits per heavy atom. The van der Waals surface area contributed by atoms with Crippen LogP contribution >= 0.6 is 12.4 Å². The molecule has 1 N–H and O–H groups in total. The van der Waals surface area contributed by atoms with E-state index in [-0.39, 0.29) is 29.9 Å². The standard InChI is InChI=1S/C12H17N3O4S.ClH/c1-10-8-13-6-7-14(10)20(18,19)9-11-2-4-12(5-3-11)15(16)17;/h2-5,10,13H,6-9H2,1H3;1H. The number of halogens is 1. The van der Waals surface area contributed by atoms with E-state index in [9.17, 15) is 18.5 Å². The van der Waals surface area contributed by atoms with Crippen molar-refractivity contribution in [2.24, 2.45) is 0 Å². The van der Waals surface area contributed by atoms with E-state index < -0.39 is 14.9 Å². The molecule has 0 radical (unpaired) electrons. The Kier molecular flexibility index (Phi) is 6.09. The van der Waals surface area contributed by atoms with Gasteiger partial charge in [-0.05, 0) is 12.5 Å². The number of benzene rings is 1. The molecule has 1 fully saturated rings. The molecule has 1 aromatic carbocycles. The van der Waals surface area contributed by atoms with Crippen LogP contribution in [0.15, 0.2) is 24.3 Å². The molecule has 1 saturated heterocycles. The topological polar surface area (TPSA) is 92.6 Å². The number of nitrogens with zero attached hydrogens (tertiary/aromatic N) is 2. The van der Waals surface area contributed by atoms with Crippen molar-refractivity contribution in [2.45, 2.75) is 18.7 Å². The Morgan fingerprint density at radius 3 is 2.52 bits per heavy atom. The Balaban J connectivity index is 0.00000220. The van der Waals surface area contributed by atoms with Crippen molar-refractivity contribution in [3.63, 3.8) is 0 Å². The summed E-state index contributed by atoms with van der Waals surface area (Å²) in [6, 6.07) is 5.55. The summed E-state index contributed by atoms with van der Waals surface area (Å²) < 4.78 is 26.2. The highest BCUT2D eigenvalue weighted by Gasteiger charge is 2.29. The molecule has 2 rings (SSSR count). The van der Waals surface area contributed by atoms with E-state index in [1.807, 2.05) is 6.92 Å². The summed E-state index contributed by atoms with van der Waals surface area (Å²) in [6.07, 6.45) is 0. The van der Waals surface area contributed by atoms with Crippen molar-refractivity contribution in [3.8, 4) is 0 Å². The molecule has 0 amide bonds. The molecule has 0 aromatic heterocycles. The predicted octanol–water partition coefficient (Wildman–Crippen LogP) is 1.14. The highest BCUT2D eigenvalue weighted by atomic mass is 35.5. The maximum Gasteiger partial charge on any atom is 0.269 e. The van der Waals surface area contributed by atoms with Gasteiger partial charge < -0.3 is 5.32 Å². The summed E-state index contributed by atoms with van der Waals surface area (Å²) in [7, 11) is -3.40. The van der Waals surface area contributed by atoms with E-state index in [2.05, 4.69) is 5.32 Å². The number of sulfonamides is 1. The number of nitro benzene ring substituents is 1. The van der Waals surface area contributed by atoms with Gasteiger partial charge in [0.25, 0.3) is 5.69 Å². The normalized spacial score (nSPS) is 19.8. The van der Waals surface area contributed by atoms with Crippen LogP contribution in [0, 0.1) is 10.1 Å². The van der Waals surface area contributed by atoms with Gasteiger partial charge in [0.1, 0.15) is 0 Å². The molecular weight excluding hydrogens is 318 g/mol. The Labute approximate surface area is 129 Å². The molecule has 1 atom stereocenters. The summed E-state index contributed by atoms with van der Waals surface area (Å²) in [5.41, 5.74) is 0.517. The van der Waals surface area contributed by atoms with Crippen molar-refractivity contribution in [3.05, 3.63) is 39.9 Å². The van der Waals surface area contributed by atoms with Crippen LogP contribution in [0.3, 0.4) is 0 Å². The predicted molar refractivity (Wildman–Crippen MR) is 82.0 cm³/mol. The van der Waals surface area contributed by atoms with Gasteiger partial charge >= 0.3 is 0 Å². The summed E-state index contributed by atoms with van der Waals surface area (Å²) in [5.74, 6) is -0.130. The lowest BCUT2D eigenvalue weighted by atomic mass is 10.2. The van der Waals surface area contributed by atoms with Crippen LogP contribution in [0.25, 0.3) is 0 Å². The first-order valence-corrected chi connectivity index (χ1v) is 7.94. The summed E-state index contributed by atoms with van der Waals surface area (Å²) in [4.78, 5) is 10.1. The highest BCUT2D eigenvalue weighted by molar-refractivity contribution is 7.88. The summed E-state index contributed by atoms with van der Waals surface area (Å²) in [5, 5.41) is 13.7. The van der Waals surface area contributed by atoms with Gasteiger partial charge in [0, 0.05) is 37.8 Å². The summed E-state index contributed by atoms with van der Waals surface area (Å²) in [6.45, 7) is 3.60. The van der Waals surface area contributed by atoms with Crippen molar-refractivity contribution in [1.29, 1.82) is 0 Å². The molecule has 1 heterocycles. The average molecular weight is 336 g/mol. The molecule has 1 unspecified atom stereocenters. The van der Waals surface area contributed by atoms with Crippen molar-refractivity contribution in [1.82, 2.24) is 9.62 Å². The van der Waals surface area contributed by atoms with Gasteiger partial charge in [-0.1, -0.05) is 12.1 Å². The Hall–Kier alpha value is -1.22. The van der Waals surface area contributed by atoms with Gasteiger partial charge in [0.2, 0.25) is 10.0 Å². The van der Waals surface area contributed by atoms with Crippen LogP contribution in [0.1, 0.15) is 12.5 Å². The molecule has 21 heavy (non-hydrogen) atoms. The molecule has 0 bridgehead atoms. The molecule has 0 saturated carbocycles. The molecular formula is C12H18ClN3O4S. The van der Waals surface area contributed by atoms with Crippen molar-refractivity contribution >= 4 is 28.1 Å². The fourth-order valence-electron chi connectivity index (χ4n) is 2.24. The van der Waals surface area contributed by atoms with Crippen molar-refractivity contribution in [2.75, 3.05) is 19.6 Å². The third kappa shape index (κ3) is 4.37. The highest BCUT2D eigenvalue weighted by Crippen LogP contribution is 2.18. The van der Waals surface area contributed by atoms with Crippen LogP contribution in [0.2, 0.25) is 0 Å². The maximum atomic E-state index is 12.3. The maximum absolute atomic E-state index is 12.3. The second kappa shape index (κ2) is 7.17. The lowest BCUT2D eigenvalue weighted by molar-refractivity contribution is -0.384. The number of piperazine rings is 1. The molecule has 7 nitrogen and oxygen atoms in total. The lowest BCUT2D eigenvalue weighted by Gasteiger charge is -2.32. The van der Waals surface area contributed by atoms with Crippen LogP contribution < -0.4 is 5.32 Å². The first-order chi connectivity index (χ1) is 9.40. The fourth-order valence-corrected chi connectivity index (χ4v) is 4.01. The van der Waals surface area contributed by atoms with E-state index in [0.717, 1.165) is 0 Å². The monoisotopic (exact) mass is 335 g/mol. The number of nitro groups is 1. The van der Waals surface area contributed by atoms with E-state index in [1.165, 1.54) is 28.6 Å². The van der Waals surface area contributed by atoms with Crippen LogP contribution in [0.5, 0.6) is 0 Å². The van der Waals surface area contributed by atoms with E-state index >= 15 is 0 Å². The number of hydrogen-bond donors (Lipinski definition) is 1. The van der Waals surface area contributed by atoms with Gasteiger partial charge in [0.05, 0.1) is 10.7 Å². The van der Waals surface area contributed by atoms with Crippen LogP contribution in [-0.2, 0) is 15.8 Å². The minimum Gasteiger partial charge on any atom is -0.314 e. The zero-order chi connectivity index (χ0) is 14.8. The second-order valence-electron chi connectivity index (χ2n) is 4.84. The molecule has 1 aliphatic rings.